The molecule has 6 nitrogen and oxygen atoms in total. The number of carbonyl (C=O) groups is 2. The van der Waals surface area contributed by atoms with Crippen LogP contribution in [0.1, 0.15) is 26.4 Å². The summed E-state index contributed by atoms with van der Waals surface area (Å²) in [4.78, 5) is 33.4. The second-order valence-corrected chi connectivity index (χ2v) is 8.64. The molecule has 0 atom stereocenters. The number of pyridine rings is 2. The van der Waals surface area contributed by atoms with Crippen molar-refractivity contribution in [2.45, 2.75) is 6.54 Å². The Morgan fingerprint density at radius 1 is 0.879 bits per heavy atom. The number of aromatic nitrogens is 2. The molecule has 0 saturated carbocycles. The lowest BCUT2D eigenvalue weighted by atomic mass is 10.1. The third kappa shape index (κ3) is 5.74. The molecule has 0 bridgehead atoms. The molecule has 0 aliphatic carbocycles. The minimum Gasteiger partial charge on any atom is -0.347 e. The van der Waals surface area contributed by atoms with Gasteiger partial charge in [-0.1, -0.05) is 29.8 Å². The third-order valence-electron chi connectivity index (χ3n) is 4.79. The molecular formula is C25H18ClIN4O2. The lowest BCUT2D eigenvalue weighted by Crippen LogP contribution is -2.23. The normalized spacial score (nSPS) is 10.5. The number of halogens is 2. The van der Waals surface area contributed by atoms with Gasteiger partial charge in [0.25, 0.3) is 11.8 Å². The third-order valence-corrected chi connectivity index (χ3v) is 6.05. The van der Waals surface area contributed by atoms with Crippen molar-refractivity contribution in [1.82, 2.24) is 15.3 Å². The first-order chi connectivity index (χ1) is 16.0. The molecule has 4 aromatic rings. The number of rotatable bonds is 6. The predicted octanol–water partition coefficient (Wildman–Crippen LogP) is 5.58. The summed E-state index contributed by atoms with van der Waals surface area (Å²) >= 11 is 8.62. The summed E-state index contributed by atoms with van der Waals surface area (Å²) in [5, 5.41) is 5.98. The fourth-order valence-corrected chi connectivity index (χ4v) is 4.04. The van der Waals surface area contributed by atoms with E-state index < -0.39 is 0 Å². The van der Waals surface area contributed by atoms with Gasteiger partial charge in [0.05, 0.1) is 16.3 Å². The van der Waals surface area contributed by atoms with Crippen LogP contribution in [0.3, 0.4) is 0 Å². The van der Waals surface area contributed by atoms with Crippen LogP contribution in [0.5, 0.6) is 0 Å². The standard InChI is InChI=1S/C25H18ClIN4O2/c26-20-13-16(15-30-25(33)23-6-2-4-12-29-23)7-9-18(20)24(32)31-17-8-10-21(27)19(14-17)22-5-1-3-11-28-22/h1-14H,15H2,(H,30,33)(H,31,32). The van der Waals surface area contributed by atoms with E-state index in [9.17, 15) is 9.59 Å². The molecule has 2 heterocycles. The number of hydrogen-bond acceptors (Lipinski definition) is 4. The first-order valence-electron chi connectivity index (χ1n) is 10.0. The van der Waals surface area contributed by atoms with Crippen LogP contribution >= 0.6 is 34.2 Å². The van der Waals surface area contributed by atoms with Gasteiger partial charge in [0.2, 0.25) is 0 Å². The van der Waals surface area contributed by atoms with Crippen molar-refractivity contribution in [3.8, 4) is 11.3 Å². The molecule has 2 aromatic heterocycles. The molecule has 0 unspecified atom stereocenters. The predicted molar refractivity (Wildman–Crippen MR) is 137 cm³/mol. The van der Waals surface area contributed by atoms with Crippen molar-refractivity contribution in [2.24, 2.45) is 0 Å². The van der Waals surface area contributed by atoms with Crippen LogP contribution in [0, 0.1) is 3.57 Å². The van der Waals surface area contributed by atoms with E-state index in [2.05, 4.69) is 43.2 Å². The molecule has 8 heteroatoms. The summed E-state index contributed by atoms with van der Waals surface area (Å²) in [5.74, 6) is -0.604. The van der Waals surface area contributed by atoms with Gasteiger partial charge in [-0.15, -0.1) is 0 Å². The maximum Gasteiger partial charge on any atom is 0.270 e. The smallest absolute Gasteiger partial charge is 0.270 e. The summed E-state index contributed by atoms with van der Waals surface area (Å²) in [6.07, 6.45) is 3.29. The van der Waals surface area contributed by atoms with Gasteiger partial charge in [-0.25, -0.2) is 0 Å². The quantitative estimate of drug-likeness (QED) is 0.297. The first kappa shape index (κ1) is 22.9. The molecule has 33 heavy (non-hydrogen) atoms. The molecule has 0 aliphatic rings. The summed E-state index contributed by atoms with van der Waals surface area (Å²) in [7, 11) is 0. The lowest BCUT2D eigenvalue weighted by molar-refractivity contribution is 0.0945. The van der Waals surface area contributed by atoms with Gasteiger partial charge >= 0.3 is 0 Å². The second kappa shape index (κ2) is 10.5. The largest absolute Gasteiger partial charge is 0.347 e. The van der Waals surface area contributed by atoms with Crippen LogP contribution in [0.15, 0.2) is 85.2 Å². The molecule has 2 N–H and O–H groups in total. The molecule has 0 aliphatic heterocycles. The molecule has 2 aromatic carbocycles. The van der Waals surface area contributed by atoms with Crippen molar-refractivity contribution in [3.63, 3.8) is 0 Å². The topological polar surface area (TPSA) is 84.0 Å². The highest BCUT2D eigenvalue weighted by atomic mass is 127. The highest BCUT2D eigenvalue weighted by Gasteiger charge is 2.14. The number of benzene rings is 2. The van der Waals surface area contributed by atoms with Crippen LogP contribution < -0.4 is 10.6 Å². The average Bonchev–Trinajstić information content (AvgIpc) is 2.84. The van der Waals surface area contributed by atoms with E-state index in [1.807, 2.05) is 36.4 Å². The number of nitrogens with zero attached hydrogens (tertiary/aromatic N) is 2. The second-order valence-electron chi connectivity index (χ2n) is 7.08. The zero-order valence-corrected chi connectivity index (χ0v) is 20.2. The maximum absolute atomic E-state index is 12.8. The van der Waals surface area contributed by atoms with E-state index >= 15 is 0 Å². The van der Waals surface area contributed by atoms with Crippen molar-refractivity contribution >= 4 is 51.7 Å². The van der Waals surface area contributed by atoms with Gasteiger partial charge < -0.3 is 10.6 Å². The van der Waals surface area contributed by atoms with Gasteiger partial charge in [-0.05, 0) is 82.8 Å². The summed E-state index contributed by atoms with van der Waals surface area (Å²) in [6.45, 7) is 0.265. The monoisotopic (exact) mass is 568 g/mol. The van der Waals surface area contributed by atoms with E-state index in [4.69, 9.17) is 11.6 Å². The van der Waals surface area contributed by atoms with E-state index in [0.717, 1.165) is 20.4 Å². The summed E-state index contributed by atoms with van der Waals surface area (Å²) < 4.78 is 1.03. The van der Waals surface area contributed by atoms with Crippen molar-refractivity contribution < 1.29 is 9.59 Å². The molecule has 164 valence electrons. The molecule has 4 rings (SSSR count). The molecule has 0 fully saturated rings. The van der Waals surface area contributed by atoms with Crippen molar-refractivity contribution in [3.05, 3.63) is 111 Å². The Balaban J connectivity index is 1.44. The van der Waals surface area contributed by atoms with Gasteiger partial charge in [-0.3, -0.25) is 19.6 Å². The number of hydrogen-bond donors (Lipinski definition) is 2. The van der Waals surface area contributed by atoms with Gasteiger partial charge in [0.1, 0.15) is 5.69 Å². The van der Waals surface area contributed by atoms with Crippen molar-refractivity contribution in [1.29, 1.82) is 0 Å². The number of nitrogens with one attached hydrogen (secondary N) is 2. The molecule has 0 saturated heterocycles. The Hall–Kier alpha value is -3.30. The summed E-state index contributed by atoms with van der Waals surface area (Å²) in [6, 6.07) is 21.6. The minimum atomic E-state index is -0.322. The molecule has 0 radical (unpaired) electrons. The minimum absolute atomic E-state index is 0.265. The average molecular weight is 569 g/mol. The summed E-state index contributed by atoms with van der Waals surface area (Å²) in [5.41, 5.74) is 3.85. The number of carbonyl (C=O) groups excluding carboxylic acids is 2. The number of amides is 2. The van der Waals surface area contributed by atoms with Crippen LogP contribution in [0.2, 0.25) is 5.02 Å². The fraction of sp³-hybridized carbons (Fsp3) is 0.0400. The highest BCUT2D eigenvalue weighted by molar-refractivity contribution is 14.1. The van der Waals surface area contributed by atoms with Crippen LogP contribution in [0.4, 0.5) is 5.69 Å². The fourth-order valence-electron chi connectivity index (χ4n) is 3.14. The van der Waals surface area contributed by atoms with E-state index in [1.165, 1.54) is 0 Å². The lowest BCUT2D eigenvalue weighted by Gasteiger charge is -2.11. The first-order valence-corrected chi connectivity index (χ1v) is 11.5. The van der Waals surface area contributed by atoms with Gasteiger partial charge in [0.15, 0.2) is 0 Å². The Morgan fingerprint density at radius 3 is 2.36 bits per heavy atom. The Kier molecular flexibility index (Phi) is 7.31. The van der Waals surface area contributed by atoms with Gasteiger partial charge in [0, 0.05) is 33.8 Å². The molecular weight excluding hydrogens is 551 g/mol. The van der Waals surface area contributed by atoms with Crippen LogP contribution in [-0.2, 0) is 6.54 Å². The van der Waals surface area contributed by atoms with Crippen molar-refractivity contribution in [2.75, 3.05) is 5.32 Å². The molecule has 0 spiro atoms. The van der Waals surface area contributed by atoms with E-state index in [-0.39, 0.29) is 18.4 Å². The number of anilines is 1. The Morgan fingerprint density at radius 2 is 1.67 bits per heavy atom. The highest BCUT2D eigenvalue weighted by Crippen LogP contribution is 2.27. The molecule has 2 amide bonds. The zero-order valence-electron chi connectivity index (χ0n) is 17.3. The Labute approximate surface area is 209 Å². The van der Waals surface area contributed by atoms with Crippen LogP contribution in [-0.4, -0.2) is 21.8 Å². The Bertz CT molecular complexity index is 1300. The van der Waals surface area contributed by atoms with Crippen LogP contribution in [0.25, 0.3) is 11.3 Å². The maximum atomic E-state index is 12.8. The van der Waals surface area contributed by atoms with E-state index in [0.29, 0.717) is 22.0 Å². The zero-order chi connectivity index (χ0) is 23.2. The van der Waals surface area contributed by atoms with Gasteiger partial charge in [-0.2, -0.15) is 0 Å². The van der Waals surface area contributed by atoms with E-state index in [1.54, 1.807) is 48.8 Å². The SMILES string of the molecule is O=C(NCc1ccc(C(=O)Nc2ccc(I)c(-c3ccccn3)c2)c(Cl)c1)c1ccccn1.